The predicted octanol–water partition coefficient (Wildman–Crippen LogP) is 9.44. The smallest absolute Gasteiger partial charge is 0.237 e. The average molecular weight is 665 g/mol. The van der Waals surface area contributed by atoms with Crippen molar-refractivity contribution in [2.24, 2.45) is 5.92 Å². The predicted molar refractivity (Wildman–Crippen MR) is 184 cm³/mol. The van der Waals surface area contributed by atoms with Gasteiger partial charge in [0.15, 0.2) is 0 Å². The number of hydrogen-bond acceptors (Lipinski definition) is 3. The molecule has 236 valence electrons. The van der Waals surface area contributed by atoms with Crippen LogP contribution in [0.25, 0.3) is 0 Å². The maximum absolute atomic E-state index is 13.0. The molecule has 1 aliphatic carbocycles. The fourth-order valence-electron chi connectivity index (χ4n) is 6.52. The lowest BCUT2D eigenvalue weighted by molar-refractivity contribution is -0.131. The van der Waals surface area contributed by atoms with E-state index in [1.54, 1.807) is 17.0 Å². The van der Waals surface area contributed by atoms with Crippen molar-refractivity contribution >= 4 is 40.7 Å². The van der Waals surface area contributed by atoms with E-state index in [1.165, 1.54) is 19.3 Å². The third kappa shape index (κ3) is 8.30. The highest BCUT2D eigenvalue weighted by atomic mass is 35.5. The molecule has 1 fully saturated rings. The second-order valence-corrected chi connectivity index (χ2v) is 13.0. The van der Waals surface area contributed by atoms with Crippen LogP contribution in [0.15, 0.2) is 109 Å². The van der Waals surface area contributed by atoms with Crippen molar-refractivity contribution in [3.05, 3.63) is 141 Å². The number of alkyl halides is 1. The first-order chi connectivity index (χ1) is 21.9. The van der Waals surface area contributed by atoms with Crippen LogP contribution in [0.2, 0.25) is 10.0 Å². The van der Waals surface area contributed by atoms with Crippen LogP contribution in [-0.2, 0) is 15.1 Å². The molecule has 1 amide bonds. The van der Waals surface area contributed by atoms with Crippen molar-refractivity contribution in [3.63, 3.8) is 0 Å². The van der Waals surface area contributed by atoms with Crippen LogP contribution in [0.5, 0.6) is 0 Å². The van der Waals surface area contributed by atoms with Gasteiger partial charge in [-0.1, -0.05) is 140 Å². The normalized spacial score (nSPS) is 15.4. The Morgan fingerprint density at radius 1 is 0.800 bits per heavy atom. The van der Waals surface area contributed by atoms with Crippen molar-refractivity contribution in [1.29, 1.82) is 0 Å². The molecule has 4 nitrogen and oxygen atoms in total. The molecule has 0 heterocycles. The SMILES string of the molecule is O=C(CCl)N(CC(O)CC(OC(c1ccccc1)(c1ccccc1)c1ccccc1)c1ccc(Cl)c(Cl)c1)CC1CCCCC1. The molecule has 0 bridgehead atoms. The molecule has 1 aliphatic rings. The van der Waals surface area contributed by atoms with E-state index in [1.807, 2.05) is 60.7 Å². The van der Waals surface area contributed by atoms with Crippen LogP contribution in [0, 0.1) is 5.92 Å². The Balaban J connectivity index is 1.56. The van der Waals surface area contributed by atoms with Crippen molar-refractivity contribution < 1.29 is 14.6 Å². The highest BCUT2D eigenvalue weighted by Crippen LogP contribution is 2.45. The molecule has 1 saturated carbocycles. The lowest BCUT2D eigenvalue weighted by atomic mass is 9.79. The molecule has 0 radical (unpaired) electrons. The van der Waals surface area contributed by atoms with Gasteiger partial charge in [-0.05, 0) is 53.1 Å². The Kier molecular flexibility index (Phi) is 12.0. The van der Waals surface area contributed by atoms with Crippen molar-refractivity contribution in [3.8, 4) is 0 Å². The third-order valence-electron chi connectivity index (χ3n) is 8.76. The fourth-order valence-corrected chi connectivity index (χ4v) is 7.00. The van der Waals surface area contributed by atoms with Crippen molar-refractivity contribution in [1.82, 2.24) is 4.90 Å². The summed E-state index contributed by atoms with van der Waals surface area (Å²) in [4.78, 5) is 14.7. The molecule has 4 aromatic rings. The Hall–Kier alpha value is -2.86. The fraction of sp³-hybridized carbons (Fsp3) is 0.342. The number of ether oxygens (including phenoxy) is 1. The molecule has 45 heavy (non-hydrogen) atoms. The number of amides is 1. The Labute approximate surface area is 281 Å². The number of aliphatic hydroxyl groups excluding tert-OH is 1. The minimum Gasteiger partial charge on any atom is -0.391 e. The summed E-state index contributed by atoms with van der Waals surface area (Å²) >= 11 is 18.9. The van der Waals surface area contributed by atoms with Crippen LogP contribution in [0.1, 0.15) is 66.9 Å². The second kappa shape index (κ2) is 16.1. The summed E-state index contributed by atoms with van der Waals surface area (Å²) in [5.74, 6) is 0.133. The Morgan fingerprint density at radius 2 is 1.33 bits per heavy atom. The van der Waals surface area contributed by atoms with E-state index in [9.17, 15) is 9.90 Å². The van der Waals surface area contributed by atoms with Crippen molar-refractivity contribution in [2.75, 3.05) is 19.0 Å². The minimum atomic E-state index is -1.03. The molecular weight excluding hydrogens is 625 g/mol. The minimum absolute atomic E-state index is 0.120. The summed E-state index contributed by atoms with van der Waals surface area (Å²) < 4.78 is 7.38. The Bertz CT molecular complexity index is 1400. The van der Waals surface area contributed by atoms with Gasteiger partial charge in [-0.2, -0.15) is 0 Å². The first kappa shape index (κ1) is 33.5. The van der Waals surface area contributed by atoms with Crippen LogP contribution in [0.3, 0.4) is 0 Å². The van der Waals surface area contributed by atoms with Gasteiger partial charge in [-0.3, -0.25) is 4.79 Å². The number of rotatable bonds is 13. The van der Waals surface area contributed by atoms with Gasteiger partial charge < -0.3 is 14.7 Å². The Morgan fingerprint density at radius 3 is 1.82 bits per heavy atom. The number of nitrogens with zero attached hydrogens (tertiary/aromatic N) is 1. The topological polar surface area (TPSA) is 49.8 Å². The molecule has 5 rings (SSSR count). The number of benzene rings is 4. The number of carbonyl (C=O) groups excluding carboxylic acids is 1. The zero-order valence-corrected chi connectivity index (χ0v) is 27.6. The van der Waals surface area contributed by atoms with Gasteiger partial charge in [0, 0.05) is 19.5 Å². The van der Waals surface area contributed by atoms with E-state index in [2.05, 4.69) is 36.4 Å². The molecule has 0 aromatic heterocycles. The van der Waals surface area contributed by atoms with Crippen molar-refractivity contribution in [2.45, 2.75) is 56.3 Å². The molecule has 0 aliphatic heterocycles. The monoisotopic (exact) mass is 663 g/mol. The van der Waals surface area contributed by atoms with E-state index >= 15 is 0 Å². The summed E-state index contributed by atoms with van der Waals surface area (Å²) in [6.45, 7) is 0.765. The number of halogens is 3. The van der Waals surface area contributed by atoms with E-state index in [0.717, 1.165) is 35.1 Å². The average Bonchev–Trinajstić information content (AvgIpc) is 3.09. The lowest BCUT2D eigenvalue weighted by Crippen LogP contribution is -2.42. The number of aliphatic hydroxyl groups is 1. The summed E-state index contributed by atoms with van der Waals surface area (Å²) in [5.41, 5.74) is 2.57. The van der Waals surface area contributed by atoms with E-state index in [0.29, 0.717) is 22.5 Å². The first-order valence-corrected chi connectivity index (χ1v) is 17.0. The molecule has 4 aromatic carbocycles. The molecule has 1 N–H and O–H groups in total. The lowest BCUT2D eigenvalue weighted by Gasteiger charge is -2.40. The van der Waals surface area contributed by atoms with Gasteiger partial charge >= 0.3 is 0 Å². The quantitative estimate of drug-likeness (QED) is 0.114. The largest absolute Gasteiger partial charge is 0.391 e. The second-order valence-electron chi connectivity index (χ2n) is 11.9. The molecule has 7 heteroatoms. The van der Waals surface area contributed by atoms with Gasteiger partial charge in [-0.15, -0.1) is 11.6 Å². The van der Waals surface area contributed by atoms with Gasteiger partial charge in [0.25, 0.3) is 0 Å². The standard InChI is InChI=1S/C38H40Cl3NO3/c39-25-37(44)42(26-28-13-5-1-6-14-28)27-33(43)24-36(29-21-22-34(40)35(41)23-29)45-38(30-15-7-2-8-16-30,31-17-9-3-10-18-31)32-19-11-4-12-20-32/h2-4,7-12,15-23,28,33,36,43H,1,5-6,13-14,24-27H2. The highest BCUT2D eigenvalue weighted by Gasteiger charge is 2.41. The van der Waals surface area contributed by atoms with Gasteiger partial charge in [0.2, 0.25) is 5.91 Å². The molecule has 0 spiro atoms. The first-order valence-electron chi connectivity index (χ1n) is 15.7. The highest BCUT2D eigenvalue weighted by molar-refractivity contribution is 6.42. The molecule has 2 unspecified atom stereocenters. The number of hydrogen-bond donors (Lipinski definition) is 1. The van der Waals surface area contributed by atoms with Crippen LogP contribution >= 0.6 is 34.8 Å². The molecule has 0 saturated heterocycles. The van der Waals surface area contributed by atoms with Crippen LogP contribution < -0.4 is 0 Å². The summed E-state index contributed by atoms with van der Waals surface area (Å²) in [6, 6.07) is 35.8. The van der Waals surface area contributed by atoms with Gasteiger partial charge in [0.05, 0.1) is 22.3 Å². The number of carbonyl (C=O) groups is 1. The molecule has 2 atom stereocenters. The van der Waals surface area contributed by atoms with E-state index in [-0.39, 0.29) is 24.8 Å². The summed E-state index contributed by atoms with van der Waals surface area (Å²) in [7, 11) is 0. The summed E-state index contributed by atoms with van der Waals surface area (Å²) in [6.07, 6.45) is 4.45. The van der Waals surface area contributed by atoms with Crippen LogP contribution in [0.4, 0.5) is 0 Å². The summed E-state index contributed by atoms with van der Waals surface area (Å²) in [5, 5.41) is 12.5. The molecular formula is C38H40Cl3NO3. The van der Waals surface area contributed by atoms with E-state index in [4.69, 9.17) is 39.5 Å². The van der Waals surface area contributed by atoms with Gasteiger partial charge in [-0.25, -0.2) is 0 Å². The zero-order chi connectivity index (χ0) is 31.6. The van der Waals surface area contributed by atoms with Gasteiger partial charge in [0.1, 0.15) is 11.5 Å². The van der Waals surface area contributed by atoms with Crippen LogP contribution in [-0.4, -0.2) is 41.0 Å². The maximum Gasteiger partial charge on any atom is 0.237 e. The zero-order valence-electron chi connectivity index (χ0n) is 25.3. The maximum atomic E-state index is 13.0. The third-order valence-corrected chi connectivity index (χ3v) is 9.73. The van der Waals surface area contributed by atoms with E-state index < -0.39 is 17.8 Å².